The zero-order chi connectivity index (χ0) is 11.7. The molecular formula is C10H9N3O3. The lowest BCUT2D eigenvalue weighted by Crippen LogP contribution is -2.15. The van der Waals surface area contributed by atoms with E-state index in [0.29, 0.717) is 16.5 Å². The van der Waals surface area contributed by atoms with Crippen LogP contribution in [0.2, 0.25) is 0 Å². The van der Waals surface area contributed by atoms with Gasteiger partial charge in [0.1, 0.15) is 6.10 Å². The van der Waals surface area contributed by atoms with E-state index >= 15 is 0 Å². The molecule has 1 heterocycles. The second-order valence-electron chi connectivity index (χ2n) is 3.34. The van der Waals surface area contributed by atoms with Crippen molar-refractivity contribution in [3.05, 3.63) is 23.8 Å². The van der Waals surface area contributed by atoms with E-state index in [2.05, 4.69) is 5.16 Å². The number of aromatic nitrogens is 1. The van der Waals surface area contributed by atoms with Crippen LogP contribution in [0, 0.1) is 11.3 Å². The minimum absolute atomic E-state index is 0.204. The summed E-state index contributed by atoms with van der Waals surface area (Å²) in [7, 11) is 0. The van der Waals surface area contributed by atoms with Crippen LogP contribution in [0.15, 0.2) is 22.7 Å². The summed E-state index contributed by atoms with van der Waals surface area (Å²) in [5.74, 6) is 0.204. The zero-order valence-electron chi connectivity index (χ0n) is 8.16. The van der Waals surface area contributed by atoms with Crippen LogP contribution in [0.3, 0.4) is 0 Å². The number of nitriles is 1. The molecule has 1 aromatic carbocycles. The molecule has 0 radical (unpaired) electrons. The maximum absolute atomic E-state index is 9.61. The predicted octanol–water partition coefficient (Wildman–Crippen LogP) is 0.328. The van der Waals surface area contributed by atoms with E-state index in [-0.39, 0.29) is 5.82 Å². The number of hydrogen-bond donors (Lipinski definition) is 3. The smallest absolute Gasteiger partial charge is 0.174 e. The molecule has 0 saturated carbocycles. The minimum atomic E-state index is -1.47. The first kappa shape index (κ1) is 10.4. The summed E-state index contributed by atoms with van der Waals surface area (Å²) in [5.41, 5.74) is 6.41. The fraction of sp³-hybridized carbons (Fsp3) is 0.200. The number of nitrogens with two attached hydrogens (primary N) is 1. The Hall–Kier alpha value is -2.10. The molecule has 0 saturated heterocycles. The Morgan fingerprint density at radius 3 is 2.88 bits per heavy atom. The summed E-state index contributed by atoms with van der Waals surface area (Å²) in [6, 6.07) is 6.20. The molecule has 0 bridgehead atoms. The zero-order valence-corrected chi connectivity index (χ0v) is 8.16. The minimum Gasteiger partial charge on any atom is -0.385 e. The van der Waals surface area contributed by atoms with E-state index in [1.807, 2.05) is 0 Å². The van der Waals surface area contributed by atoms with Gasteiger partial charge in [0.15, 0.2) is 17.5 Å². The number of nitrogens with zero attached hydrogens (tertiary/aromatic N) is 2. The van der Waals surface area contributed by atoms with Crippen molar-refractivity contribution < 1.29 is 14.7 Å². The first-order valence-corrected chi connectivity index (χ1v) is 4.54. The first-order chi connectivity index (χ1) is 7.63. The number of anilines is 1. The summed E-state index contributed by atoms with van der Waals surface area (Å²) < 4.78 is 4.89. The van der Waals surface area contributed by atoms with Gasteiger partial charge in [0.25, 0.3) is 0 Å². The molecule has 6 heteroatoms. The van der Waals surface area contributed by atoms with Crippen LogP contribution in [0.4, 0.5) is 5.82 Å². The lowest BCUT2D eigenvalue weighted by molar-refractivity contribution is 0.0529. The van der Waals surface area contributed by atoms with E-state index in [1.54, 1.807) is 12.1 Å². The Kier molecular flexibility index (Phi) is 2.48. The van der Waals surface area contributed by atoms with Gasteiger partial charge < -0.3 is 20.5 Å². The number of nitrogen functional groups attached to an aromatic ring is 1. The first-order valence-electron chi connectivity index (χ1n) is 4.54. The molecule has 82 valence electrons. The van der Waals surface area contributed by atoms with Crippen molar-refractivity contribution in [3.63, 3.8) is 0 Å². The van der Waals surface area contributed by atoms with Crippen molar-refractivity contribution in [2.75, 3.05) is 5.73 Å². The van der Waals surface area contributed by atoms with Gasteiger partial charge in [0.2, 0.25) is 0 Å². The fourth-order valence-electron chi connectivity index (χ4n) is 1.41. The topological polar surface area (TPSA) is 116 Å². The SMILES string of the molecule is N#CC(O)C(O)c1ccc2onc(N)c2c1. The van der Waals surface area contributed by atoms with Crippen molar-refractivity contribution in [3.8, 4) is 6.07 Å². The molecule has 0 spiro atoms. The molecule has 6 nitrogen and oxygen atoms in total. The lowest BCUT2D eigenvalue weighted by Gasteiger charge is -2.11. The third-order valence-electron chi connectivity index (χ3n) is 2.29. The molecule has 2 aromatic rings. The van der Waals surface area contributed by atoms with Crippen molar-refractivity contribution >= 4 is 16.8 Å². The summed E-state index contributed by atoms with van der Waals surface area (Å²) in [6.07, 6.45) is -2.75. The fourth-order valence-corrected chi connectivity index (χ4v) is 1.41. The van der Waals surface area contributed by atoms with E-state index < -0.39 is 12.2 Å². The molecule has 2 atom stereocenters. The molecule has 4 N–H and O–H groups in total. The van der Waals surface area contributed by atoms with Crippen molar-refractivity contribution in [2.24, 2.45) is 0 Å². The normalized spacial score (nSPS) is 14.6. The number of aliphatic hydroxyl groups excluding tert-OH is 2. The molecular weight excluding hydrogens is 210 g/mol. The largest absolute Gasteiger partial charge is 0.385 e. The van der Waals surface area contributed by atoms with Crippen LogP contribution in [0.5, 0.6) is 0 Å². The van der Waals surface area contributed by atoms with Crippen LogP contribution in [0.1, 0.15) is 11.7 Å². The molecule has 0 aliphatic carbocycles. The Bertz CT molecular complexity index is 558. The quantitative estimate of drug-likeness (QED) is 0.626. The highest BCUT2D eigenvalue weighted by molar-refractivity contribution is 5.87. The summed E-state index contributed by atoms with van der Waals surface area (Å²) >= 11 is 0. The second kappa shape index (κ2) is 3.81. The molecule has 16 heavy (non-hydrogen) atoms. The Labute approximate surface area is 90.5 Å². The molecule has 2 unspecified atom stereocenters. The number of benzene rings is 1. The third kappa shape index (κ3) is 1.58. The van der Waals surface area contributed by atoms with Crippen LogP contribution in [-0.2, 0) is 0 Å². The van der Waals surface area contributed by atoms with Crippen molar-refractivity contribution in [2.45, 2.75) is 12.2 Å². The molecule has 0 fully saturated rings. The van der Waals surface area contributed by atoms with E-state index in [1.165, 1.54) is 12.1 Å². The molecule has 0 aliphatic heterocycles. The van der Waals surface area contributed by atoms with Crippen LogP contribution < -0.4 is 5.73 Å². The summed E-state index contributed by atoms with van der Waals surface area (Å²) in [5, 5.41) is 31.4. The lowest BCUT2D eigenvalue weighted by atomic mass is 10.0. The standard InChI is InChI=1S/C10H9N3O3/c11-4-7(14)9(15)5-1-2-8-6(3-5)10(12)13-16-8/h1-3,7,9,14-15H,(H2,12,13). The van der Waals surface area contributed by atoms with Gasteiger partial charge in [0, 0.05) is 0 Å². The Morgan fingerprint density at radius 2 is 2.19 bits per heavy atom. The molecule has 0 amide bonds. The van der Waals surface area contributed by atoms with Gasteiger partial charge in [-0.2, -0.15) is 5.26 Å². The van der Waals surface area contributed by atoms with Gasteiger partial charge in [0.05, 0.1) is 11.5 Å². The van der Waals surface area contributed by atoms with Crippen molar-refractivity contribution in [1.29, 1.82) is 5.26 Å². The average Bonchev–Trinajstić information content (AvgIpc) is 2.68. The molecule has 1 aromatic heterocycles. The van der Waals surface area contributed by atoms with Crippen LogP contribution >= 0.6 is 0 Å². The highest BCUT2D eigenvalue weighted by atomic mass is 16.5. The van der Waals surface area contributed by atoms with E-state index in [0.717, 1.165) is 0 Å². The van der Waals surface area contributed by atoms with Gasteiger partial charge in [-0.05, 0) is 17.7 Å². The van der Waals surface area contributed by atoms with E-state index in [9.17, 15) is 10.2 Å². The number of hydrogen-bond acceptors (Lipinski definition) is 6. The average molecular weight is 219 g/mol. The van der Waals surface area contributed by atoms with Gasteiger partial charge in [-0.15, -0.1) is 0 Å². The number of aliphatic hydroxyl groups is 2. The highest BCUT2D eigenvalue weighted by Gasteiger charge is 2.18. The van der Waals surface area contributed by atoms with Gasteiger partial charge in [-0.1, -0.05) is 11.2 Å². The monoisotopic (exact) mass is 219 g/mol. The summed E-state index contributed by atoms with van der Waals surface area (Å²) in [4.78, 5) is 0. The number of rotatable bonds is 2. The molecule has 2 rings (SSSR count). The van der Waals surface area contributed by atoms with E-state index in [4.69, 9.17) is 15.5 Å². The summed E-state index contributed by atoms with van der Waals surface area (Å²) in [6.45, 7) is 0. The third-order valence-corrected chi connectivity index (χ3v) is 2.29. The Morgan fingerprint density at radius 1 is 1.44 bits per heavy atom. The Balaban J connectivity index is 2.46. The van der Waals surface area contributed by atoms with Crippen molar-refractivity contribution in [1.82, 2.24) is 5.16 Å². The van der Waals surface area contributed by atoms with Crippen LogP contribution in [-0.4, -0.2) is 21.5 Å². The highest BCUT2D eigenvalue weighted by Crippen LogP contribution is 2.25. The van der Waals surface area contributed by atoms with Gasteiger partial charge >= 0.3 is 0 Å². The maximum atomic E-state index is 9.61. The van der Waals surface area contributed by atoms with Crippen LogP contribution in [0.25, 0.3) is 11.0 Å². The molecule has 0 aliphatic rings. The maximum Gasteiger partial charge on any atom is 0.174 e. The predicted molar refractivity (Wildman–Crippen MR) is 55.0 cm³/mol. The number of fused-ring (bicyclic) bond motifs is 1. The van der Waals surface area contributed by atoms with Gasteiger partial charge in [-0.25, -0.2) is 0 Å². The second-order valence-corrected chi connectivity index (χ2v) is 3.34. The van der Waals surface area contributed by atoms with Gasteiger partial charge in [-0.3, -0.25) is 0 Å².